The number of methoxy groups -OCH3 is 2. The highest BCUT2D eigenvalue weighted by Gasteiger charge is 2.17. The normalized spacial score (nSPS) is 15.6. The second-order valence-corrected chi connectivity index (χ2v) is 5.71. The molecule has 116 valence electrons. The van der Waals surface area contributed by atoms with Gasteiger partial charge in [0.1, 0.15) is 11.5 Å². The number of benzene rings is 1. The molecule has 4 nitrogen and oxygen atoms in total. The van der Waals surface area contributed by atoms with E-state index < -0.39 is 0 Å². The van der Waals surface area contributed by atoms with Gasteiger partial charge in [-0.05, 0) is 37.5 Å². The maximum atomic E-state index is 12.2. The Morgan fingerprint density at radius 2 is 1.81 bits per heavy atom. The van der Waals surface area contributed by atoms with E-state index in [2.05, 4.69) is 5.32 Å². The van der Waals surface area contributed by atoms with Gasteiger partial charge in [-0.25, -0.2) is 0 Å². The zero-order valence-electron chi connectivity index (χ0n) is 13.2. The van der Waals surface area contributed by atoms with Crippen molar-refractivity contribution >= 4 is 5.91 Å². The molecule has 1 aliphatic rings. The first-order valence-electron chi connectivity index (χ1n) is 7.65. The van der Waals surface area contributed by atoms with Crippen molar-refractivity contribution in [3.8, 4) is 11.5 Å². The molecule has 0 atom stereocenters. The molecule has 1 N–H and O–H groups in total. The maximum Gasteiger partial charge on any atom is 0.224 e. The fourth-order valence-electron chi connectivity index (χ4n) is 2.95. The van der Waals surface area contributed by atoms with Gasteiger partial charge >= 0.3 is 0 Å². The number of hydrogen-bond acceptors (Lipinski definition) is 3. The van der Waals surface area contributed by atoms with Crippen molar-refractivity contribution < 1.29 is 14.3 Å². The molecular formula is C17H25NO3. The molecule has 0 saturated heterocycles. The van der Waals surface area contributed by atoms with Crippen LogP contribution >= 0.6 is 0 Å². The highest BCUT2D eigenvalue weighted by atomic mass is 16.5. The lowest BCUT2D eigenvalue weighted by Crippen LogP contribution is -2.37. The summed E-state index contributed by atoms with van der Waals surface area (Å²) >= 11 is 0. The van der Waals surface area contributed by atoms with Gasteiger partial charge in [-0.15, -0.1) is 0 Å². The Bertz CT molecular complexity index is 493. The van der Waals surface area contributed by atoms with E-state index in [0.717, 1.165) is 35.5 Å². The molecule has 0 spiro atoms. The van der Waals surface area contributed by atoms with Crippen LogP contribution < -0.4 is 14.8 Å². The fourth-order valence-corrected chi connectivity index (χ4v) is 2.95. The lowest BCUT2D eigenvalue weighted by atomic mass is 9.95. The summed E-state index contributed by atoms with van der Waals surface area (Å²) in [6, 6.07) is 4.15. The van der Waals surface area contributed by atoms with Crippen LogP contribution in [-0.4, -0.2) is 26.2 Å². The van der Waals surface area contributed by atoms with E-state index in [1.807, 2.05) is 19.1 Å². The highest BCUT2D eigenvalue weighted by Crippen LogP contribution is 2.28. The van der Waals surface area contributed by atoms with Crippen molar-refractivity contribution in [2.75, 3.05) is 14.2 Å². The first-order chi connectivity index (χ1) is 10.1. The Balaban J connectivity index is 2.05. The molecule has 0 bridgehead atoms. The van der Waals surface area contributed by atoms with Crippen LogP contribution in [0, 0.1) is 6.92 Å². The summed E-state index contributed by atoms with van der Waals surface area (Å²) in [5, 5.41) is 3.14. The van der Waals surface area contributed by atoms with Crippen molar-refractivity contribution in [1.29, 1.82) is 0 Å². The molecule has 1 aliphatic carbocycles. The van der Waals surface area contributed by atoms with Crippen LogP contribution in [0.3, 0.4) is 0 Å². The van der Waals surface area contributed by atoms with Gasteiger partial charge < -0.3 is 14.8 Å². The number of carbonyl (C=O) groups is 1. The number of rotatable bonds is 5. The zero-order valence-corrected chi connectivity index (χ0v) is 13.2. The summed E-state index contributed by atoms with van der Waals surface area (Å²) in [6.07, 6.45) is 6.24. The summed E-state index contributed by atoms with van der Waals surface area (Å²) in [4.78, 5) is 12.2. The topological polar surface area (TPSA) is 47.6 Å². The minimum absolute atomic E-state index is 0.0612. The molecule has 0 aromatic heterocycles. The molecular weight excluding hydrogens is 266 g/mol. The predicted molar refractivity (Wildman–Crippen MR) is 83.0 cm³/mol. The van der Waals surface area contributed by atoms with Gasteiger partial charge in [0.05, 0.1) is 20.6 Å². The number of nitrogens with one attached hydrogen (secondary N) is 1. The zero-order chi connectivity index (χ0) is 15.2. The smallest absolute Gasteiger partial charge is 0.224 e. The third-order valence-corrected chi connectivity index (χ3v) is 4.12. The summed E-state index contributed by atoms with van der Waals surface area (Å²) in [7, 11) is 3.27. The molecule has 0 heterocycles. The van der Waals surface area contributed by atoms with Crippen molar-refractivity contribution in [2.45, 2.75) is 51.5 Å². The molecule has 1 fully saturated rings. The van der Waals surface area contributed by atoms with Crippen molar-refractivity contribution in [1.82, 2.24) is 5.32 Å². The molecule has 0 radical (unpaired) electrons. The van der Waals surface area contributed by atoms with Gasteiger partial charge in [-0.1, -0.05) is 19.3 Å². The Morgan fingerprint density at radius 3 is 2.43 bits per heavy atom. The SMILES string of the molecule is COc1cc(CC(=O)NC2CCCCC2)c(OC)cc1C. The number of aryl methyl sites for hydroxylation is 1. The Labute approximate surface area is 126 Å². The summed E-state index contributed by atoms with van der Waals surface area (Å²) < 4.78 is 10.7. The molecule has 0 unspecified atom stereocenters. The van der Waals surface area contributed by atoms with E-state index in [4.69, 9.17) is 9.47 Å². The van der Waals surface area contributed by atoms with E-state index in [0.29, 0.717) is 12.5 Å². The first kappa shape index (κ1) is 15.7. The van der Waals surface area contributed by atoms with Crippen LogP contribution in [0.25, 0.3) is 0 Å². The van der Waals surface area contributed by atoms with Gasteiger partial charge in [-0.3, -0.25) is 4.79 Å². The monoisotopic (exact) mass is 291 g/mol. The summed E-state index contributed by atoms with van der Waals surface area (Å²) in [6.45, 7) is 1.97. The van der Waals surface area contributed by atoms with E-state index in [1.54, 1.807) is 14.2 Å². The Kier molecular flexibility index (Phi) is 5.48. The minimum Gasteiger partial charge on any atom is -0.496 e. The molecule has 1 saturated carbocycles. The molecule has 1 aromatic rings. The molecule has 1 amide bonds. The summed E-state index contributed by atoms with van der Waals surface area (Å²) in [5.41, 5.74) is 1.87. The minimum atomic E-state index is 0.0612. The quantitative estimate of drug-likeness (QED) is 0.907. The third kappa shape index (κ3) is 4.13. The largest absolute Gasteiger partial charge is 0.496 e. The summed E-state index contributed by atoms with van der Waals surface area (Å²) in [5.74, 6) is 1.59. The third-order valence-electron chi connectivity index (χ3n) is 4.12. The van der Waals surface area contributed by atoms with Gasteiger partial charge in [-0.2, -0.15) is 0 Å². The lowest BCUT2D eigenvalue weighted by Gasteiger charge is -2.23. The Hall–Kier alpha value is -1.71. The Morgan fingerprint density at radius 1 is 1.14 bits per heavy atom. The maximum absolute atomic E-state index is 12.2. The van der Waals surface area contributed by atoms with Crippen LogP contribution in [0.4, 0.5) is 0 Å². The molecule has 2 rings (SSSR count). The second kappa shape index (κ2) is 7.34. The van der Waals surface area contributed by atoms with Gasteiger partial charge in [0.15, 0.2) is 0 Å². The van der Waals surface area contributed by atoms with Crippen molar-refractivity contribution in [2.24, 2.45) is 0 Å². The van der Waals surface area contributed by atoms with E-state index >= 15 is 0 Å². The second-order valence-electron chi connectivity index (χ2n) is 5.71. The fraction of sp³-hybridized carbons (Fsp3) is 0.588. The van der Waals surface area contributed by atoms with Crippen LogP contribution in [0.15, 0.2) is 12.1 Å². The average Bonchev–Trinajstić information content (AvgIpc) is 2.49. The average molecular weight is 291 g/mol. The number of ether oxygens (including phenoxy) is 2. The molecule has 0 aliphatic heterocycles. The van der Waals surface area contributed by atoms with E-state index in [-0.39, 0.29) is 5.91 Å². The number of amides is 1. The highest BCUT2D eigenvalue weighted by molar-refractivity contribution is 5.80. The van der Waals surface area contributed by atoms with E-state index in [9.17, 15) is 4.79 Å². The lowest BCUT2D eigenvalue weighted by molar-refractivity contribution is -0.121. The van der Waals surface area contributed by atoms with Crippen LogP contribution in [-0.2, 0) is 11.2 Å². The molecule has 4 heteroatoms. The van der Waals surface area contributed by atoms with Crippen molar-refractivity contribution in [3.05, 3.63) is 23.3 Å². The van der Waals surface area contributed by atoms with Gasteiger partial charge in [0.25, 0.3) is 0 Å². The van der Waals surface area contributed by atoms with E-state index in [1.165, 1.54) is 19.3 Å². The molecule has 1 aromatic carbocycles. The number of hydrogen-bond donors (Lipinski definition) is 1. The van der Waals surface area contributed by atoms with Crippen molar-refractivity contribution in [3.63, 3.8) is 0 Å². The van der Waals surface area contributed by atoms with Gasteiger partial charge in [0.2, 0.25) is 5.91 Å². The van der Waals surface area contributed by atoms with Crippen LogP contribution in [0.2, 0.25) is 0 Å². The van der Waals surface area contributed by atoms with Gasteiger partial charge in [0, 0.05) is 11.6 Å². The number of carbonyl (C=O) groups excluding carboxylic acids is 1. The first-order valence-corrected chi connectivity index (χ1v) is 7.65. The standard InChI is InChI=1S/C17H25NO3/c1-12-9-16(21-3)13(10-15(12)20-2)11-17(19)18-14-7-5-4-6-8-14/h9-10,14H,4-8,11H2,1-3H3,(H,18,19). The van der Waals surface area contributed by atoms with Crippen LogP contribution in [0.5, 0.6) is 11.5 Å². The molecule has 21 heavy (non-hydrogen) atoms. The predicted octanol–water partition coefficient (Wildman–Crippen LogP) is 3.00. The van der Waals surface area contributed by atoms with Crippen LogP contribution in [0.1, 0.15) is 43.2 Å².